The lowest BCUT2D eigenvalue weighted by Gasteiger charge is -2.11. The van der Waals surface area contributed by atoms with Crippen molar-refractivity contribution in [1.29, 1.82) is 0 Å². The van der Waals surface area contributed by atoms with Gasteiger partial charge in [0.2, 0.25) is 11.1 Å². The topological polar surface area (TPSA) is 85.8 Å². The summed E-state index contributed by atoms with van der Waals surface area (Å²) in [5.74, 6) is 6.48. The van der Waals surface area contributed by atoms with Crippen LogP contribution in [-0.2, 0) is 4.79 Å². The molecule has 0 aliphatic rings. The summed E-state index contributed by atoms with van der Waals surface area (Å²) in [4.78, 5) is 12.4. The molecule has 0 spiro atoms. The first kappa shape index (κ1) is 18.8. The average Bonchev–Trinajstić information content (AvgIpc) is 2.98. The van der Waals surface area contributed by atoms with E-state index >= 15 is 0 Å². The van der Waals surface area contributed by atoms with Gasteiger partial charge in [0.05, 0.1) is 5.25 Å². The van der Waals surface area contributed by atoms with Crippen molar-refractivity contribution >= 4 is 50.9 Å². The Morgan fingerprint density at radius 3 is 2.62 bits per heavy atom. The smallest absolute Gasteiger partial charge is 0.237 e. The number of carbonyl (C=O) groups excluding carboxylic acids is 1. The number of nitrogen functional groups attached to an aromatic ring is 1. The summed E-state index contributed by atoms with van der Waals surface area (Å²) in [5.41, 5.74) is 1.50. The van der Waals surface area contributed by atoms with Gasteiger partial charge in [-0.15, -0.1) is 10.2 Å². The first-order valence-electron chi connectivity index (χ1n) is 7.64. The van der Waals surface area contributed by atoms with Gasteiger partial charge < -0.3 is 11.2 Å². The molecule has 0 bridgehead atoms. The van der Waals surface area contributed by atoms with E-state index in [4.69, 9.17) is 17.4 Å². The zero-order valence-corrected chi connectivity index (χ0v) is 16.8. The van der Waals surface area contributed by atoms with E-state index in [1.165, 1.54) is 16.4 Å². The van der Waals surface area contributed by atoms with Crippen molar-refractivity contribution in [2.45, 2.75) is 17.3 Å². The van der Waals surface area contributed by atoms with Crippen molar-refractivity contribution in [3.05, 3.63) is 58.0 Å². The van der Waals surface area contributed by atoms with Gasteiger partial charge in [-0.3, -0.25) is 4.79 Å². The van der Waals surface area contributed by atoms with Crippen molar-refractivity contribution in [1.82, 2.24) is 14.9 Å². The Morgan fingerprint density at radius 1 is 1.23 bits per heavy atom. The molecule has 3 N–H and O–H groups in total. The van der Waals surface area contributed by atoms with Crippen LogP contribution in [-0.4, -0.2) is 26.0 Å². The molecule has 1 heterocycles. The number of hydrogen-bond donors (Lipinski definition) is 2. The maximum Gasteiger partial charge on any atom is 0.237 e. The second-order valence-electron chi connectivity index (χ2n) is 5.41. The predicted molar refractivity (Wildman–Crippen MR) is 109 cm³/mol. The molecule has 6 nitrogen and oxygen atoms in total. The third-order valence-corrected chi connectivity index (χ3v) is 5.54. The van der Waals surface area contributed by atoms with Crippen LogP contribution in [0.2, 0.25) is 5.02 Å². The first-order chi connectivity index (χ1) is 12.5. The first-order valence-corrected chi connectivity index (χ1v) is 9.69. The Bertz CT molecular complexity index is 931. The highest BCUT2D eigenvalue weighted by molar-refractivity contribution is 9.10. The Labute approximate surface area is 168 Å². The van der Waals surface area contributed by atoms with Crippen LogP contribution in [0.1, 0.15) is 6.92 Å². The highest BCUT2D eigenvalue weighted by Crippen LogP contribution is 2.29. The number of halogens is 2. The maximum absolute atomic E-state index is 12.4. The molecule has 2 aromatic carbocycles. The Morgan fingerprint density at radius 2 is 1.92 bits per heavy atom. The van der Waals surface area contributed by atoms with E-state index in [9.17, 15) is 4.79 Å². The molecule has 0 saturated heterocycles. The van der Waals surface area contributed by atoms with Crippen LogP contribution >= 0.6 is 39.3 Å². The molecule has 26 heavy (non-hydrogen) atoms. The standard InChI is InChI=1S/C17H15BrClN5OS/c1-10(16(25)21-12-8-6-11(19)7-9-12)26-17-23-22-15(24(17)20)13-4-2-3-5-14(13)18/h2-10H,20H2,1H3,(H,21,25). The maximum atomic E-state index is 12.4. The highest BCUT2D eigenvalue weighted by Gasteiger charge is 2.20. The van der Waals surface area contributed by atoms with Crippen molar-refractivity contribution in [3.8, 4) is 11.4 Å². The summed E-state index contributed by atoms with van der Waals surface area (Å²) in [5, 5.41) is 11.7. The minimum absolute atomic E-state index is 0.164. The lowest BCUT2D eigenvalue weighted by molar-refractivity contribution is -0.115. The second-order valence-corrected chi connectivity index (χ2v) is 8.01. The van der Waals surface area contributed by atoms with Gasteiger partial charge in [0, 0.05) is 20.7 Å². The van der Waals surface area contributed by atoms with Crippen LogP contribution in [0.25, 0.3) is 11.4 Å². The van der Waals surface area contributed by atoms with Crippen LogP contribution in [0.5, 0.6) is 0 Å². The fourth-order valence-electron chi connectivity index (χ4n) is 2.17. The predicted octanol–water partition coefficient (Wildman–Crippen LogP) is 4.19. The minimum Gasteiger partial charge on any atom is -0.335 e. The van der Waals surface area contributed by atoms with E-state index in [1.807, 2.05) is 24.3 Å². The fourth-order valence-corrected chi connectivity index (χ4v) is 3.53. The fraction of sp³-hybridized carbons (Fsp3) is 0.118. The van der Waals surface area contributed by atoms with Gasteiger partial charge in [-0.1, -0.05) is 51.4 Å². The van der Waals surface area contributed by atoms with E-state index in [2.05, 4.69) is 31.4 Å². The van der Waals surface area contributed by atoms with Crippen LogP contribution in [0.4, 0.5) is 5.69 Å². The summed E-state index contributed by atoms with van der Waals surface area (Å²) >= 11 is 10.6. The molecule has 0 radical (unpaired) electrons. The molecule has 0 aliphatic carbocycles. The Kier molecular flexibility index (Phi) is 5.85. The summed E-state index contributed by atoms with van der Waals surface area (Å²) in [6, 6.07) is 14.5. The number of rotatable bonds is 5. The van der Waals surface area contributed by atoms with Crippen molar-refractivity contribution in [3.63, 3.8) is 0 Å². The third kappa shape index (κ3) is 4.20. The number of nitrogens with zero attached hydrogens (tertiary/aromatic N) is 3. The number of hydrogen-bond acceptors (Lipinski definition) is 5. The van der Waals surface area contributed by atoms with E-state index in [-0.39, 0.29) is 5.91 Å². The van der Waals surface area contributed by atoms with Gasteiger partial charge in [0.15, 0.2) is 5.82 Å². The summed E-state index contributed by atoms with van der Waals surface area (Å²) in [6.07, 6.45) is 0. The molecule has 3 aromatic rings. The lowest BCUT2D eigenvalue weighted by atomic mass is 10.2. The number of thioether (sulfide) groups is 1. The van der Waals surface area contributed by atoms with Crippen molar-refractivity contribution < 1.29 is 4.79 Å². The monoisotopic (exact) mass is 451 g/mol. The molecule has 0 fully saturated rings. The molecule has 0 aliphatic heterocycles. The molecular formula is C17H15BrClN5OS. The van der Waals surface area contributed by atoms with Gasteiger partial charge in [-0.05, 0) is 43.3 Å². The number of benzene rings is 2. The molecule has 1 amide bonds. The lowest BCUT2D eigenvalue weighted by Crippen LogP contribution is -2.23. The summed E-state index contributed by atoms with van der Waals surface area (Å²) < 4.78 is 2.25. The van der Waals surface area contributed by atoms with Crippen LogP contribution in [0.3, 0.4) is 0 Å². The molecule has 0 saturated carbocycles. The van der Waals surface area contributed by atoms with E-state index in [0.717, 1.165) is 10.0 Å². The number of nitrogens with two attached hydrogens (primary N) is 1. The molecule has 3 rings (SSSR count). The van der Waals surface area contributed by atoms with Gasteiger partial charge in [0.25, 0.3) is 0 Å². The van der Waals surface area contributed by atoms with E-state index < -0.39 is 5.25 Å². The van der Waals surface area contributed by atoms with E-state index in [1.54, 1.807) is 31.2 Å². The molecule has 1 aromatic heterocycles. The molecule has 134 valence electrons. The third-order valence-electron chi connectivity index (χ3n) is 3.54. The van der Waals surface area contributed by atoms with Gasteiger partial charge in [-0.2, -0.15) is 0 Å². The highest BCUT2D eigenvalue weighted by atomic mass is 79.9. The number of anilines is 1. The van der Waals surface area contributed by atoms with E-state index in [0.29, 0.717) is 21.7 Å². The molecule has 1 unspecified atom stereocenters. The SMILES string of the molecule is CC(Sc1nnc(-c2ccccc2Br)n1N)C(=O)Nc1ccc(Cl)cc1. The zero-order valence-electron chi connectivity index (χ0n) is 13.7. The van der Waals surface area contributed by atoms with Crippen LogP contribution < -0.4 is 11.2 Å². The van der Waals surface area contributed by atoms with Crippen LogP contribution in [0.15, 0.2) is 58.2 Å². The zero-order chi connectivity index (χ0) is 18.7. The Hall–Kier alpha value is -2.03. The summed E-state index contributed by atoms with van der Waals surface area (Å²) in [6.45, 7) is 1.78. The van der Waals surface area contributed by atoms with Gasteiger partial charge >= 0.3 is 0 Å². The summed E-state index contributed by atoms with van der Waals surface area (Å²) in [7, 11) is 0. The molecule has 9 heteroatoms. The second kappa shape index (κ2) is 8.11. The minimum atomic E-state index is -0.413. The van der Waals surface area contributed by atoms with Gasteiger partial charge in [0.1, 0.15) is 0 Å². The number of carbonyl (C=O) groups is 1. The molecular weight excluding hydrogens is 438 g/mol. The average molecular weight is 453 g/mol. The molecule has 1 atom stereocenters. The van der Waals surface area contributed by atoms with Crippen molar-refractivity contribution in [2.75, 3.05) is 11.2 Å². The normalized spacial score (nSPS) is 12.0. The quantitative estimate of drug-likeness (QED) is 0.448. The van der Waals surface area contributed by atoms with Crippen LogP contribution in [0, 0.1) is 0 Å². The largest absolute Gasteiger partial charge is 0.335 e. The number of aromatic nitrogens is 3. The Balaban J connectivity index is 1.71. The number of amides is 1. The van der Waals surface area contributed by atoms with Gasteiger partial charge in [-0.25, -0.2) is 4.68 Å². The number of nitrogens with one attached hydrogen (secondary N) is 1. The van der Waals surface area contributed by atoms with Crippen molar-refractivity contribution in [2.24, 2.45) is 0 Å².